The molecule has 1 aromatic carbocycles. The zero-order chi connectivity index (χ0) is 18.2. The first-order chi connectivity index (χ1) is 10.1. The second-order valence-electron chi connectivity index (χ2n) is 7.32. The number of carbonyl (C=O) groups excluding carboxylic acids is 1. The largest absolute Gasteiger partial charge is 0.323 e. The molecule has 0 aliphatic heterocycles. The molecule has 0 bridgehead atoms. The van der Waals surface area contributed by atoms with Crippen LogP contribution in [0.2, 0.25) is 0 Å². The molecule has 0 aliphatic rings. The number of carbonyl (C=O) groups is 1. The maximum absolute atomic E-state index is 13.9. The summed E-state index contributed by atoms with van der Waals surface area (Å²) in [5, 5.41) is 2.28. The molecule has 1 rings (SSSR count). The zero-order valence-corrected chi connectivity index (χ0v) is 14.9. The summed E-state index contributed by atoms with van der Waals surface area (Å²) >= 11 is 0. The quantitative estimate of drug-likeness (QED) is 0.882. The first-order valence-corrected chi connectivity index (χ1v) is 8.46. The minimum absolute atomic E-state index is 0.388. The number of halogens is 2. The van der Waals surface area contributed by atoms with Gasteiger partial charge in [-0.1, -0.05) is 20.8 Å². The molecule has 1 amide bonds. The molecule has 1 aromatic rings. The monoisotopic (exact) mass is 348 g/mol. The van der Waals surface area contributed by atoms with Crippen LogP contribution in [-0.2, 0) is 14.8 Å². The number of hydrogen-bond acceptors (Lipinski definition) is 3. The molecule has 2 N–H and O–H groups in total. The summed E-state index contributed by atoms with van der Waals surface area (Å²) in [4.78, 5) is 11.2. The average molecular weight is 348 g/mol. The van der Waals surface area contributed by atoms with Crippen molar-refractivity contribution in [2.75, 3.05) is 5.32 Å². The Morgan fingerprint density at radius 2 is 1.52 bits per heavy atom. The van der Waals surface area contributed by atoms with Gasteiger partial charge >= 0.3 is 0 Å². The van der Waals surface area contributed by atoms with Gasteiger partial charge in [-0.3, -0.25) is 4.79 Å². The molecular weight excluding hydrogens is 326 g/mol. The van der Waals surface area contributed by atoms with Gasteiger partial charge < -0.3 is 5.32 Å². The Balaban J connectivity index is 3.32. The van der Waals surface area contributed by atoms with Crippen molar-refractivity contribution in [3.63, 3.8) is 0 Å². The van der Waals surface area contributed by atoms with Crippen LogP contribution in [-0.4, -0.2) is 19.9 Å². The minimum atomic E-state index is -4.20. The number of hydrogen-bond donors (Lipinski definition) is 2. The van der Waals surface area contributed by atoms with Crippen LogP contribution < -0.4 is 10.0 Å². The molecule has 130 valence electrons. The lowest BCUT2D eigenvalue weighted by atomic mass is 9.95. The Hall–Kier alpha value is -1.54. The molecule has 0 heterocycles. The fraction of sp³-hybridized carbons (Fsp3) is 0.533. The summed E-state index contributed by atoms with van der Waals surface area (Å²) in [5.41, 5.74) is -2.04. The van der Waals surface area contributed by atoms with Crippen molar-refractivity contribution >= 4 is 21.6 Å². The van der Waals surface area contributed by atoms with Crippen LogP contribution in [0.25, 0.3) is 0 Å². The van der Waals surface area contributed by atoms with E-state index in [1.165, 1.54) is 0 Å². The summed E-state index contributed by atoms with van der Waals surface area (Å²) in [6, 6.07) is 1.22. The van der Waals surface area contributed by atoms with Gasteiger partial charge in [0.2, 0.25) is 15.9 Å². The third kappa shape index (κ3) is 5.24. The average Bonchev–Trinajstić information content (AvgIpc) is 2.27. The van der Waals surface area contributed by atoms with Crippen LogP contribution >= 0.6 is 0 Å². The van der Waals surface area contributed by atoms with Gasteiger partial charge in [-0.25, -0.2) is 21.9 Å². The molecule has 0 unspecified atom stereocenters. The Kier molecular flexibility index (Phi) is 5.23. The van der Waals surface area contributed by atoms with Gasteiger partial charge in [0.05, 0.1) is 5.69 Å². The second-order valence-corrected chi connectivity index (χ2v) is 8.97. The molecule has 0 saturated carbocycles. The molecule has 5 nitrogen and oxygen atoms in total. The highest BCUT2D eigenvalue weighted by Crippen LogP contribution is 2.26. The summed E-state index contributed by atoms with van der Waals surface area (Å²) in [6.45, 7) is 9.62. The van der Waals surface area contributed by atoms with Crippen molar-refractivity contribution in [1.29, 1.82) is 0 Å². The Morgan fingerprint density at radius 3 is 1.96 bits per heavy atom. The van der Waals surface area contributed by atoms with E-state index in [1.807, 2.05) is 0 Å². The molecule has 8 heteroatoms. The maximum Gasteiger partial charge on any atom is 0.244 e. The number of benzene rings is 1. The zero-order valence-electron chi connectivity index (χ0n) is 14.0. The van der Waals surface area contributed by atoms with Gasteiger partial charge in [-0.05, 0) is 26.8 Å². The smallest absolute Gasteiger partial charge is 0.244 e. The van der Waals surface area contributed by atoms with Crippen LogP contribution in [0, 0.1) is 17.0 Å². The van der Waals surface area contributed by atoms with Gasteiger partial charge in [0.1, 0.15) is 16.5 Å². The number of amides is 1. The molecule has 0 saturated heterocycles. The van der Waals surface area contributed by atoms with Crippen LogP contribution in [0.4, 0.5) is 14.5 Å². The number of nitrogens with one attached hydrogen (secondary N) is 2. The van der Waals surface area contributed by atoms with E-state index in [4.69, 9.17) is 0 Å². The van der Waals surface area contributed by atoms with Crippen molar-refractivity contribution in [3.8, 4) is 0 Å². The van der Waals surface area contributed by atoms with Crippen LogP contribution in [0.3, 0.4) is 0 Å². The van der Waals surface area contributed by atoms with Crippen molar-refractivity contribution in [3.05, 3.63) is 23.8 Å². The van der Waals surface area contributed by atoms with Crippen LogP contribution in [0.1, 0.15) is 41.5 Å². The predicted octanol–water partition coefficient (Wildman–Crippen LogP) is 3.03. The summed E-state index contributed by atoms with van der Waals surface area (Å²) in [7, 11) is -4.20. The van der Waals surface area contributed by atoms with Gasteiger partial charge in [0, 0.05) is 17.0 Å². The fourth-order valence-electron chi connectivity index (χ4n) is 1.60. The summed E-state index contributed by atoms with van der Waals surface area (Å²) < 4.78 is 54.5. The van der Waals surface area contributed by atoms with Crippen LogP contribution in [0.15, 0.2) is 17.0 Å². The third-order valence-corrected chi connectivity index (χ3v) is 4.45. The Bertz CT molecular complexity index is 717. The van der Waals surface area contributed by atoms with E-state index in [-0.39, 0.29) is 5.69 Å². The van der Waals surface area contributed by atoms with E-state index in [0.717, 1.165) is 6.07 Å². The SMILES string of the molecule is CC(C)(C)NS(=O)(=O)c1cc(NC(=O)C(C)(C)C)c(F)cc1F. The van der Waals surface area contributed by atoms with Gasteiger partial charge in [-0.2, -0.15) is 0 Å². The molecule has 0 fully saturated rings. The molecule has 0 atom stereocenters. The first-order valence-electron chi connectivity index (χ1n) is 6.98. The van der Waals surface area contributed by atoms with Gasteiger partial charge in [0.15, 0.2) is 0 Å². The van der Waals surface area contributed by atoms with E-state index >= 15 is 0 Å². The standard InChI is InChI=1S/C15H22F2N2O3S/c1-14(2,3)13(20)18-11-8-12(10(17)7-9(11)16)23(21,22)19-15(4,5)6/h7-8,19H,1-6H3,(H,18,20). The highest BCUT2D eigenvalue weighted by Gasteiger charge is 2.28. The van der Waals surface area contributed by atoms with E-state index in [1.54, 1.807) is 41.5 Å². The highest BCUT2D eigenvalue weighted by molar-refractivity contribution is 7.89. The van der Waals surface area contributed by atoms with Gasteiger partial charge in [-0.15, -0.1) is 0 Å². The van der Waals surface area contributed by atoms with Crippen molar-refractivity contribution in [1.82, 2.24) is 4.72 Å². The third-order valence-electron chi connectivity index (χ3n) is 2.68. The molecule has 0 aliphatic carbocycles. The molecule has 0 aromatic heterocycles. The summed E-state index contributed by atoms with van der Waals surface area (Å²) in [5.74, 6) is -2.79. The number of anilines is 1. The lowest BCUT2D eigenvalue weighted by Crippen LogP contribution is -2.40. The van der Waals surface area contributed by atoms with E-state index in [0.29, 0.717) is 6.07 Å². The lowest BCUT2D eigenvalue weighted by molar-refractivity contribution is -0.123. The minimum Gasteiger partial charge on any atom is -0.323 e. The summed E-state index contributed by atoms with van der Waals surface area (Å²) in [6.07, 6.45) is 0. The van der Waals surface area contributed by atoms with Crippen molar-refractivity contribution in [2.45, 2.75) is 52.0 Å². The number of rotatable bonds is 3. The number of sulfonamides is 1. The van der Waals surface area contributed by atoms with E-state index < -0.39 is 43.4 Å². The first kappa shape index (κ1) is 19.5. The fourth-order valence-corrected chi connectivity index (χ4v) is 3.10. The molecular formula is C15H22F2N2O3S. The van der Waals surface area contributed by atoms with Gasteiger partial charge in [0.25, 0.3) is 0 Å². The van der Waals surface area contributed by atoms with Crippen molar-refractivity contribution < 1.29 is 22.0 Å². The highest BCUT2D eigenvalue weighted by atomic mass is 32.2. The topological polar surface area (TPSA) is 75.3 Å². The molecule has 0 radical (unpaired) electrons. The second kappa shape index (κ2) is 6.16. The molecule has 0 spiro atoms. The lowest BCUT2D eigenvalue weighted by Gasteiger charge is -2.21. The van der Waals surface area contributed by atoms with Crippen molar-refractivity contribution in [2.24, 2.45) is 5.41 Å². The Morgan fingerprint density at radius 1 is 1.00 bits per heavy atom. The predicted molar refractivity (Wildman–Crippen MR) is 84.5 cm³/mol. The Labute approximate surface area is 135 Å². The molecule has 23 heavy (non-hydrogen) atoms. The van der Waals surface area contributed by atoms with E-state index in [9.17, 15) is 22.0 Å². The normalized spacial score (nSPS) is 13.0. The van der Waals surface area contributed by atoms with Crippen LogP contribution in [0.5, 0.6) is 0 Å². The van der Waals surface area contributed by atoms with E-state index in [2.05, 4.69) is 10.0 Å². The maximum atomic E-state index is 13.9.